The predicted molar refractivity (Wildman–Crippen MR) is 147 cm³/mol. The molecule has 0 fully saturated rings. The van der Waals surface area contributed by atoms with Crippen molar-refractivity contribution in [3.63, 3.8) is 0 Å². The van der Waals surface area contributed by atoms with E-state index in [4.69, 9.17) is 23.2 Å². The monoisotopic (exact) mass is 550 g/mol. The van der Waals surface area contributed by atoms with Crippen LogP contribution in [0.3, 0.4) is 0 Å². The van der Waals surface area contributed by atoms with E-state index in [1.54, 1.807) is 54.2 Å². The minimum Gasteiger partial charge on any atom is -0.354 e. The summed E-state index contributed by atoms with van der Waals surface area (Å²) < 4.78 is 28.3. The van der Waals surface area contributed by atoms with Crippen molar-refractivity contribution in [1.82, 2.24) is 5.32 Å². The van der Waals surface area contributed by atoms with Gasteiger partial charge in [-0.1, -0.05) is 59.1 Å². The summed E-state index contributed by atoms with van der Waals surface area (Å²) >= 11 is 13.8. The van der Waals surface area contributed by atoms with E-state index in [9.17, 15) is 13.2 Å². The summed E-state index contributed by atoms with van der Waals surface area (Å²) in [4.78, 5) is 13.0. The molecule has 9 heteroatoms. The summed E-state index contributed by atoms with van der Waals surface area (Å²) in [6.45, 7) is 5.71. The Labute approximate surface area is 221 Å². The Hall–Kier alpha value is -2.19. The van der Waals surface area contributed by atoms with Gasteiger partial charge in [0.25, 0.3) is 10.0 Å². The lowest BCUT2D eigenvalue weighted by atomic mass is 10.1. The van der Waals surface area contributed by atoms with Crippen LogP contribution in [0.4, 0.5) is 5.69 Å². The van der Waals surface area contributed by atoms with Crippen LogP contribution in [0, 0.1) is 20.8 Å². The van der Waals surface area contributed by atoms with Crippen molar-refractivity contribution in [2.24, 2.45) is 0 Å². The van der Waals surface area contributed by atoms with Crippen LogP contribution < -0.4 is 9.62 Å². The summed E-state index contributed by atoms with van der Waals surface area (Å²) in [6, 6.07) is 17.6. The number of thioether (sulfide) groups is 1. The highest BCUT2D eigenvalue weighted by Crippen LogP contribution is 2.28. The summed E-state index contributed by atoms with van der Waals surface area (Å²) in [7, 11) is -3.94. The first kappa shape index (κ1) is 27.4. The minimum absolute atomic E-state index is 0.146. The SMILES string of the molecule is Cc1ccc(S(=O)(=O)N(CC(=O)NCCSCc2ccc(Cl)cc2Cl)c2cc(C)ccc2C)cc1. The number of carbonyl (C=O) groups excluding carboxylic acids is 1. The molecule has 0 atom stereocenters. The molecule has 0 aliphatic rings. The molecule has 0 unspecified atom stereocenters. The molecule has 35 heavy (non-hydrogen) atoms. The van der Waals surface area contributed by atoms with E-state index in [2.05, 4.69) is 5.32 Å². The molecule has 3 aromatic carbocycles. The zero-order valence-corrected chi connectivity index (χ0v) is 23.0. The first-order chi connectivity index (χ1) is 16.6. The number of hydrogen-bond donors (Lipinski definition) is 1. The Kier molecular flexibility index (Phi) is 9.53. The van der Waals surface area contributed by atoms with Crippen LogP contribution in [0.2, 0.25) is 10.0 Å². The van der Waals surface area contributed by atoms with Gasteiger partial charge in [0, 0.05) is 28.1 Å². The van der Waals surface area contributed by atoms with E-state index in [1.165, 1.54) is 4.31 Å². The number of halogens is 2. The van der Waals surface area contributed by atoms with Crippen molar-refractivity contribution >= 4 is 56.6 Å². The summed E-state index contributed by atoms with van der Waals surface area (Å²) in [5, 5.41) is 4.04. The Morgan fingerprint density at radius 1 is 0.943 bits per heavy atom. The highest BCUT2D eigenvalue weighted by Gasteiger charge is 2.28. The van der Waals surface area contributed by atoms with Gasteiger partial charge in [-0.3, -0.25) is 9.10 Å². The number of aryl methyl sites for hydroxylation is 3. The van der Waals surface area contributed by atoms with Crippen LogP contribution >= 0.6 is 35.0 Å². The zero-order valence-electron chi connectivity index (χ0n) is 19.8. The van der Waals surface area contributed by atoms with E-state index in [-0.39, 0.29) is 17.3 Å². The number of nitrogens with zero attached hydrogens (tertiary/aromatic N) is 1. The third-order valence-corrected chi connectivity index (χ3v) is 8.74. The van der Waals surface area contributed by atoms with Gasteiger partial charge in [0.1, 0.15) is 6.54 Å². The molecule has 3 aromatic rings. The lowest BCUT2D eigenvalue weighted by molar-refractivity contribution is -0.119. The molecular formula is C26H28Cl2N2O3S2. The average Bonchev–Trinajstić information content (AvgIpc) is 2.80. The standard InChI is InChI=1S/C26H28Cl2N2O3S2/c1-18-5-10-23(11-6-18)35(32,33)30(25-14-19(2)4-7-20(25)3)16-26(31)29-12-13-34-17-21-8-9-22(27)15-24(21)28/h4-11,14-15H,12-13,16-17H2,1-3H3,(H,29,31). The minimum atomic E-state index is -3.94. The Bertz CT molecular complexity index is 1300. The summed E-state index contributed by atoms with van der Waals surface area (Å²) in [5.74, 6) is 0.966. The van der Waals surface area contributed by atoms with Gasteiger partial charge in [-0.05, 0) is 67.8 Å². The molecule has 0 spiro atoms. The van der Waals surface area contributed by atoms with E-state index >= 15 is 0 Å². The first-order valence-corrected chi connectivity index (χ1v) is 14.4. The number of hydrogen-bond acceptors (Lipinski definition) is 4. The maximum absolute atomic E-state index is 13.6. The molecule has 0 aliphatic heterocycles. The molecule has 186 valence electrons. The number of amides is 1. The highest BCUT2D eigenvalue weighted by atomic mass is 35.5. The molecule has 0 aliphatic carbocycles. The predicted octanol–water partition coefficient (Wildman–Crippen LogP) is 6.16. The number of nitrogens with one attached hydrogen (secondary N) is 1. The van der Waals surface area contributed by atoms with Crippen molar-refractivity contribution < 1.29 is 13.2 Å². The van der Waals surface area contributed by atoms with E-state index in [1.807, 2.05) is 39.0 Å². The third-order valence-electron chi connectivity index (χ3n) is 5.37. The van der Waals surface area contributed by atoms with Gasteiger partial charge in [0.15, 0.2) is 0 Å². The van der Waals surface area contributed by atoms with Gasteiger partial charge in [-0.2, -0.15) is 11.8 Å². The second kappa shape index (κ2) is 12.2. The van der Waals surface area contributed by atoms with Gasteiger partial charge in [-0.25, -0.2) is 8.42 Å². The molecule has 0 saturated carbocycles. The van der Waals surface area contributed by atoms with Crippen molar-refractivity contribution in [3.05, 3.63) is 93.0 Å². The van der Waals surface area contributed by atoms with Crippen molar-refractivity contribution in [1.29, 1.82) is 0 Å². The van der Waals surface area contributed by atoms with Gasteiger partial charge in [-0.15, -0.1) is 0 Å². The Morgan fingerprint density at radius 2 is 1.63 bits per heavy atom. The molecule has 1 amide bonds. The second-order valence-corrected chi connectivity index (χ2v) is 12.1. The molecule has 0 radical (unpaired) electrons. The molecule has 0 aromatic heterocycles. The summed E-state index contributed by atoms with van der Waals surface area (Å²) in [5.41, 5.74) is 4.10. The zero-order chi connectivity index (χ0) is 25.6. The topological polar surface area (TPSA) is 66.5 Å². The van der Waals surface area contributed by atoms with Crippen LogP contribution in [0.1, 0.15) is 22.3 Å². The normalized spacial score (nSPS) is 11.3. The quantitative estimate of drug-likeness (QED) is 0.307. The van der Waals surface area contributed by atoms with Gasteiger partial charge >= 0.3 is 0 Å². The largest absolute Gasteiger partial charge is 0.354 e. The van der Waals surface area contributed by atoms with E-state index < -0.39 is 10.0 Å². The lowest BCUT2D eigenvalue weighted by Gasteiger charge is -2.26. The smallest absolute Gasteiger partial charge is 0.264 e. The molecule has 0 bridgehead atoms. The summed E-state index contributed by atoms with van der Waals surface area (Å²) in [6.07, 6.45) is 0. The van der Waals surface area contributed by atoms with Crippen molar-refractivity contribution in [3.8, 4) is 0 Å². The number of anilines is 1. The molecule has 0 heterocycles. The van der Waals surface area contributed by atoms with Gasteiger partial charge in [0.05, 0.1) is 10.6 Å². The molecule has 5 nitrogen and oxygen atoms in total. The highest BCUT2D eigenvalue weighted by molar-refractivity contribution is 7.98. The lowest BCUT2D eigenvalue weighted by Crippen LogP contribution is -2.41. The maximum atomic E-state index is 13.6. The second-order valence-electron chi connectivity index (χ2n) is 8.25. The fourth-order valence-electron chi connectivity index (χ4n) is 3.40. The number of carbonyl (C=O) groups is 1. The fourth-order valence-corrected chi connectivity index (χ4v) is 6.29. The molecule has 0 saturated heterocycles. The number of rotatable bonds is 10. The first-order valence-electron chi connectivity index (χ1n) is 11.0. The third kappa shape index (κ3) is 7.40. The van der Waals surface area contributed by atoms with Crippen LogP contribution in [0.15, 0.2) is 65.6 Å². The molecular weight excluding hydrogens is 523 g/mol. The maximum Gasteiger partial charge on any atom is 0.264 e. The van der Waals surface area contributed by atoms with Crippen LogP contribution in [0.25, 0.3) is 0 Å². The molecule has 1 N–H and O–H groups in total. The van der Waals surface area contributed by atoms with Crippen molar-refractivity contribution in [2.75, 3.05) is 23.1 Å². The Morgan fingerprint density at radius 3 is 2.31 bits per heavy atom. The number of benzene rings is 3. The van der Waals surface area contributed by atoms with Gasteiger partial charge < -0.3 is 5.32 Å². The van der Waals surface area contributed by atoms with E-state index in [0.29, 0.717) is 33.8 Å². The van der Waals surface area contributed by atoms with Gasteiger partial charge in [0.2, 0.25) is 5.91 Å². The number of sulfonamides is 1. The van der Waals surface area contributed by atoms with Crippen molar-refractivity contribution in [2.45, 2.75) is 31.4 Å². The van der Waals surface area contributed by atoms with Crippen LogP contribution in [-0.2, 0) is 20.6 Å². The fraction of sp³-hybridized carbons (Fsp3) is 0.269. The van der Waals surface area contributed by atoms with Crippen LogP contribution in [-0.4, -0.2) is 33.2 Å². The van der Waals surface area contributed by atoms with E-state index in [0.717, 1.165) is 22.3 Å². The average molecular weight is 552 g/mol. The van der Waals surface area contributed by atoms with Crippen LogP contribution in [0.5, 0.6) is 0 Å². The molecule has 3 rings (SSSR count). The Balaban J connectivity index is 1.68.